The van der Waals surface area contributed by atoms with Crippen LogP contribution in [0.2, 0.25) is 0 Å². The van der Waals surface area contributed by atoms with Crippen molar-refractivity contribution in [3.05, 3.63) is 35.4 Å². The van der Waals surface area contributed by atoms with Gasteiger partial charge in [0.25, 0.3) is 0 Å². The summed E-state index contributed by atoms with van der Waals surface area (Å²) < 4.78 is 25.9. The van der Waals surface area contributed by atoms with Crippen molar-refractivity contribution in [1.82, 2.24) is 0 Å². The first-order chi connectivity index (χ1) is 8.15. The lowest BCUT2D eigenvalue weighted by Gasteiger charge is -2.20. The van der Waals surface area contributed by atoms with Crippen LogP contribution in [0.15, 0.2) is 18.2 Å². The Bertz CT molecular complexity index is 394. The molecule has 17 heavy (non-hydrogen) atoms. The van der Waals surface area contributed by atoms with Crippen LogP contribution in [-0.4, -0.2) is 17.3 Å². The normalized spacial score (nSPS) is 17.1. The number of Topliss-reactive ketones (excluding diaryl/α,β-unsaturated/α-hetero) is 1. The van der Waals surface area contributed by atoms with Gasteiger partial charge in [0.2, 0.25) is 0 Å². The minimum absolute atomic E-state index is 0.152. The van der Waals surface area contributed by atoms with Gasteiger partial charge in [0.15, 0.2) is 5.78 Å². The molecule has 1 saturated heterocycles. The van der Waals surface area contributed by atoms with E-state index in [4.69, 9.17) is 0 Å². The highest BCUT2D eigenvalue weighted by Gasteiger charge is 2.19. The molecule has 1 aliphatic rings. The highest BCUT2D eigenvalue weighted by Crippen LogP contribution is 2.26. The van der Waals surface area contributed by atoms with Gasteiger partial charge in [-0.2, -0.15) is 11.8 Å². The van der Waals surface area contributed by atoms with E-state index in [1.165, 1.54) is 0 Å². The van der Waals surface area contributed by atoms with Crippen LogP contribution >= 0.6 is 11.8 Å². The van der Waals surface area contributed by atoms with Gasteiger partial charge in [0, 0.05) is 18.1 Å². The van der Waals surface area contributed by atoms with E-state index in [9.17, 15) is 13.6 Å². The van der Waals surface area contributed by atoms with Crippen LogP contribution in [0.3, 0.4) is 0 Å². The summed E-state index contributed by atoms with van der Waals surface area (Å²) in [7, 11) is 0. The van der Waals surface area contributed by atoms with Crippen LogP contribution in [0.1, 0.15) is 29.6 Å². The van der Waals surface area contributed by atoms with E-state index in [-0.39, 0.29) is 11.3 Å². The molecule has 0 unspecified atom stereocenters. The number of carbonyl (C=O) groups excluding carboxylic acids is 1. The summed E-state index contributed by atoms with van der Waals surface area (Å²) >= 11 is 1.90. The lowest BCUT2D eigenvalue weighted by atomic mass is 9.93. The maximum absolute atomic E-state index is 13.0. The van der Waals surface area contributed by atoms with E-state index in [2.05, 4.69) is 0 Å². The first-order valence-electron chi connectivity index (χ1n) is 5.72. The maximum Gasteiger partial charge on any atom is 0.163 e. The number of hydrogen-bond acceptors (Lipinski definition) is 2. The molecule has 2 rings (SSSR count). The van der Waals surface area contributed by atoms with Gasteiger partial charge in [-0.25, -0.2) is 8.78 Å². The molecule has 0 radical (unpaired) electrons. The summed E-state index contributed by atoms with van der Waals surface area (Å²) in [5, 5.41) is 0. The molecule has 1 nitrogen and oxygen atoms in total. The maximum atomic E-state index is 13.0. The van der Waals surface area contributed by atoms with Gasteiger partial charge in [-0.3, -0.25) is 4.79 Å². The third-order valence-electron chi connectivity index (χ3n) is 3.00. The average molecular weight is 256 g/mol. The number of thioether (sulfide) groups is 1. The molecule has 0 saturated carbocycles. The molecule has 0 amide bonds. The van der Waals surface area contributed by atoms with Gasteiger partial charge < -0.3 is 0 Å². The number of ketones is 1. The smallest absolute Gasteiger partial charge is 0.163 e. The van der Waals surface area contributed by atoms with E-state index in [0.717, 1.165) is 42.5 Å². The molecule has 0 atom stereocenters. The van der Waals surface area contributed by atoms with Gasteiger partial charge in [-0.05, 0) is 42.4 Å². The van der Waals surface area contributed by atoms with E-state index in [1.807, 2.05) is 11.8 Å². The Hall–Kier alpha value is -0.900. The fourth-order valence-corrected chi connectivity index (χ4v) is 3.25. The van der Waals surface area contributed by atoms with Gasteiger partial charge in [-0.1, -0.05) is 0 Å². The van der Waals surface area contributed by atoms with Gasteiger partial charge in [0.1, 0.15) is 11.6 Å². The summed E-state index contributed by atoms with van der Waals surface area (Å²) in [5.41, 5.74) is 0.153. The first-order valence-corrected chi connectivity index (χ1v) is 6.87. The van der Waals surface area contributed by atoms with Crippen LogP contribution in [0, 0.1) is 17.6 Å². The van der Waals surface area contributed by atoms with E-state index in [0.29, 0.717) is 12.3 Å². The van der Waals surface area contributed by atoms with Gasteiger partial charge in [0.05, 0.1) is 0 Å². The van der Waals surface area contributed by atoms with Gasteiger partial charge in [-0.15, -0.1) is 0 Å². The highest BCUT2D eigenvalue weighted by molar-refractivity contribution is 7.99. The number of carbonyl (C=O) groups is 1. The second kappa shape index (κ2) is 5.63. The Morgan fingerprint density at radius 2 is 1.76 bits per heavy atom. The largest absolute Gasteiger partial charge is 0.294 e. The molecule has 1 heterocycles. The molecule has 1 aliphatic heterocycles. The molecule has 0 aliphatic carbocycles. The fraction of sp³-hybridized carbons (Fsp3) is 0.462. The lowest BCUT2D eigenvalue weighted by Crippen LogP contribution is -2.14. The standard InChI is InChI=1S/C13H14F2OS/c14-11-6-10(7-12(15)8-11)13(16)5-9-1-3-17-4-2-9/h6-9H,1-5H2. The van der Waals surface area contributed by atoms with Crippen LogP contribution < -0.4 is 0 Å². The zero-order valence-electron chi connectivity index (χ0n) is 9.42. The van der Waals surface area contributed by atoms with E-state index < -0.39 is 11.6 Å². The molecule has 0 N–H and O–H groups in total. The predicted molar refractivity (Wildman–Crippen MR) is 65.4 cm³/mol. The van der Waals surface area contributed by atoms with Crippen LogP contribution in [-0.2, 0) is 0 Å². The fourth-order valence-electron chi connectivity index (χ4n) is 2.05. The Morgan fingerprint density at radius 3 is 2.35 bits per heavy atom. The molecular weight excluding hydrogens is 242 g/mol. The Kier molecular flexibility index (Phi) is 4.15. The minimum Gasteiger partial charge on any atom is -0.294 e. The second-order valence-electron chi connectivity index (χ2n) is 4.34. The predicted octanol–water partition coefficient (Wildman–Crippen LogP) is 3.68. The summed E-state index contributed by atoms with van der Waals surface area (Å²) in [6.07, 6.45) is 2.45. The van der Waals surface area contributed by atoms with Crippen molar-refractivity contribution in [3.63, 3.8) is 0 Å². The van der Waals surface area contributed by atoms with E-state index in [1.54, 1.807) is 0 Å². The Morgan fingerprint density at radius 1 is 1.18 bits per heavy atom. The molecule has 4 heteroatoms. The van der Waals surface area contributed by atoms with Gasteiger partial charge >= 0.3 is 0 Å². The number of rotatable bonds is 3. The second-order valence-corrected chi connectivity index (χ2v) is 5.57. The summed E-state index contributed by atoms with van der Waals surface area (Å²) in [6.45, 7) is 0. The molecule has 0 spiro atoms. The number of benzene rings is 1. The molecule has 92 valence electrons. The first kappa shape index (κ1) is 12.6. The van der Waals surface area contributed by atoms with Crippen molar-refractivity contribution in [1.29, 1.82) is 0 Å². The molecule has 1 fully saturated rings. The van der Waals surface area contributed by atoms with Crippen molar-refractivity contribution in [3.8, 4) is 0 Å². The van der Waals surface area contributed by atoms with E-state index >= 15 is 0 Å². The third-order valence-corrected chi connectivity index (χ3v) is 4.05. The van der Waals surface area contributed by atoms with Crippen molar-refractivity contribution in [2.45, 2.75) is 19.3 Å². The van der Waals surface area contributed by atoms with Crippen molar-refractivity contribution in [2.75, 3.05) is 11.5 Å². The van der Waals surface area contributed by atoms with Crippen molar-refractivity contribution in [2.24, 2.45) is 5.92 Å². The molecule has 1 aromatic carbocycles. The zero-order valence-corrected chi connectivity index (χ0v) is 10.2. The molecule has 0 bridgehead atoms. The Balaban J connectivity index is 2.03. The topological polar surface area (TPSA) is 17.1 Å². The molecule has 0 aromatic heterocycles. The summed E-state index contributed by atoms with van der Waals surface area (Å²) in [5.74, 6) is 1.00. The number of halogens is 2. The van der Waals surface area contributed by atoms with Crippen LogP contribution in [0.5, 0.6) is 0 Å². The SMILES string of the molecule is O=C(CC1CCSCC1)c1cc(F)cc(F)c1. The summed E-state index contributed by atoms with van der Waals surface area (Å²) in [4.78, 5) is 11.9. The van der Waals surface area contributed by atoms with Crippen molar-refractivity contribution >= 4 is 17.5 Å². The molecule has 1 aromatic rings. The third kappa shape index (κ3) is 3.53. The summed E-state index contributed by atoms with van der Waals surface area (Å²) in [6, 6.07) is 3.01. The lowest BCUT2D eigenvalue weighted by molar-refractivity contribution is 0.0958. The minimum atomic E-state index is -0.687. The monoisotopic (exact) mass is 256 g/mol. The average Bonchev–Trinajstić information content (AvgIpc) is 2.29. The quantitative estimate of drug-likeness (QED) is 0.767. The number of hydrogen-bond donors (Lipinski definition) is 0. The Labute approximate surface area is 104 Å². The van der Waals surface area contributed by atoms with Crippen molar-refractivity contribution < 1.29 is 13.6 Å². The zero-order chi connectivity index (χ0) is 12.3. The molecular formula is C13H14F2OS. The van der Waals surface area contributed by atoms with Crippen LogP contribution in [0.25, 0.3) is 0 Å². The van der Waals surface area contributed by atoms with Crippen LogP contribution in [0.4, 0.5) is 8.78 Å². The highest BCUT2D eigenvalue weighted by atomic mass is 32.2.